The second kappa shape index (κ2) is 5.77. The molecule has 126 valence electrons. The number of rotatable bonds is 3. The number of carbonyl (C=O) groups is 1. The topological polar surface area (TPSA) is 58.2 Å². The number of aromatic nitrogens is 2. The monoisotopic (exact) mass is 333 g/mol. The quantitative estimate of drug-likeness (QED) is 0.574. The molecule has 2 aromatic rings. The molecule has 0 amide bonds. The molecule has 5 nitrogen and oxygen atoms in total. The molecule has 2 aliphatic rings. The van der Waals surface area contributed by atoms with Crippen LogP contribution in [0, 0.1) is 0 Å². The van der Waals surface area contributed by atoms with Crippen molar-refractivity contribution in [1.29, 1.82) is 0 Å². The second-order valence-corrected chi connectivity index (χ2v) is 6.17. The Morgan fingerprint density at radius 2 is 1.88 bits per heavy atom. The largest absolute Gasteiger partial charge is 0.462 e. The molecule has 0 saturated carbocycles. The van der Waals surface area contributed by atoms with Crippen molar-refractivity contribution in [2.45, 2.75) is 6.92 Å². The summed E-state index contributed by atoms with van der Waals surface area (Å²) in [5.74, 6) is 0.291. The van der Waals surface area contributed by atoms with Crippen LogP contribution in [0.25, 0.3) is 33.1 Å². The third kappa shape index (κ3) is 2.31. The van der Waals surface area contributed by atoms with E-state index < -0.39 is 0 Å². The summed E-state index contributed by atoms with van der Waals surface area (Å²) in [5.41, 5.74) is 4.18. The molecule has 2 heterocycles. The number of esters is 1. The smallest absolute Gasteiger partial charge is 0.342 e. The lowest BCUT2D eigenvalue weighted by atomic mass is 10.1. The van der Waals surface area contributed by atoms with Crippen molar-refractivity contribution in [3.63, 3.8) is 0 Å². The molecule has 0 atom stereocenters. The molecule has 1 N–H and O–H groups in total. The number of nitrogens with one attached hydrogen (secondary N) is 1. The van der Waals surface area contributed by atoms with E-state index in [1.807, 2.05) is 62.3 Å². The van der Waals surface area contributed by atoms with Crippen molar-refractivity contribution in [2.24, 2.45) is 0 Å². The van der Waals surface area contributed by atoms with Gasteiger partial charge >= 0.3 is 5.97 Å². The lowest BCUT2D eigenvalue weighted by Crippen LogP contribution is -2.14. The number of nitrogens with zero attached hydrogens (tertiary/aromatic N) is 2. The van der Waals surface area contributed by atoms with Gasteiger partial charge in [-0.15, -0.1) is 0 Å². The third-order valence-electron chi connectivity index (χ3n) is 4.37. The van der Waals surface area contributed by atoms with Crippen LogP contribution in [0.15, 0.2) is 42.5 Å². The normalized spacial score (nSPS) is 11.3. The van der Waals surface area contributed by atoms with Crippen LogP contribution in [-0.2, 0) is 4.74 Å². The van der Waals surface area contributed by atoms with Gasteiger partial charge in [-0.1, -0.05) is 30.3 Å². The van der Waals surface area contributed by atoms with E-state index in [-0.39, 0.29) is 5.97 Å². The summed E-state index contributed by atoms with van der Waals surface area (Å²) in [6.45, 7) is 2.14. The first-order chi connectivity index (χ1) is 12.1. The molecule has 0 fully saturated rings. The number of fused-ring (bicyclic) bond motifs is 5. The van der Waals surface area contributed by atoms with Crippen LogP contribution in [-0.4, -0.2) is 36.6 Å². The Bertz CT molecular complexity index is 1070. The van der Waals surface area contributed by atoms with E-state index in [0.29, 0.717) is 18.0 Å². The van der Waals surface area contributed by atoms with Crippen molar-refractivity contribution >= 4 is 33.6 Å². The summed E-state index contributed by atoms with van der Waals surface area (Å²) >= 11 is 0. The van der Waals surface area contributed by atoms with E-state index in [9.17, 15) is 4.79 Å². The number of hydrogen-bond acceptors (Lipinski definition) is 4. The summed E-state index contributed by atoms with van der Waals surface area (Å²) in [6, 6.07) is 14.0. The first-order valence-corrected chi connectivity index (χ1v) is 8.29. The first kappa shape index (κ1) is 15.4. The van der Waals surface area contributed by atoms with Gasteiger partial charge in [-0.05, 0) is 19.1 Å². The Kier molecular flexibility index (Phi) is 3.57. The molecule has 4 rings (SSSR count). The fourth-order valence-electron chi connectivity index (χ4n) is 3.33. The molecule has 5 heteroatoms. The van der Waals surface area contributed by atoms with Gasteiger partial charge in [0.1, 0.15) is 11.4 Å². The zero-order chi connectivity index (χ0) is 17.6. The van der Waals surface area contributed by atoms with Crippen molar-refractivity contribution < 1.29 is 9.53 Å². The van der Waals surface area contributed by atoms with E-state index in [1.165, 1.54) is 0 Å². The molecule has 0 bridgehead atoms. The average Bonchev–Trinajstić information content (AvgIpc) is 3.08. The standard InChI is InChI=1S/C20H19N3O2/c1-4-25-20(24)17-13-9-7-11-15-16(18(13)22-19(17)23(2)3)12-8-5-6-10-14(12)21-15/h5-11,21H,4H2,1-3H3. The molecule has 1 aromatic heterocycles. The summed E-state index contributed by atoms with van der Waals surface area (Å²) in [7, 11) is 3.77. The highest BCUT2D eigenvalue weighted by Gasteiger charge is 2.27. The van der Waals surface area contributed by atoms with Crippen LogP contribution in [0.5, 0.6) is 0 Å². The Hall–Kier alpha value is -3.08. The van der Waals surface area contributed by atoms with E-state index in [0.717, 1.165) is 33.1 Å². The van der Waals surface area contributed by atoms with Crippen LogP contribution < -0.4 is 4.90 Å². The maximum atomic E-state index is 12.6. The first-order valence-electron chi connectivity index (χ1n) is 8.29. The van der Waals surface area contributed by atoms with Crippen LogP contribution in [0.1, 0.15) is 17.3 Å². The fourth-order valence-corrected chi connectivity index (χ4v) is 3.33. The maximum absolute atomic E-state index is 12.6. The van der Waals surface area contributed by atoms with Crippen LogP contribution >= 0.6 is 0 Å². The van der Waals surface area contributed by atoms with Gasteiger partial charge in [0, 0.05) is 41.5 Å². The van der Waals surface area contributed by atoms with Crippen LogP contribution in [0.4, 0.5) is 5.82 Å². The Labute approximate surface area is 145 Å². The number of aromatic amines is 1. The molecule has 0 spiro atoms. The van der Waals surface area contributed by atoms with Gasteiger partial charge in [0.05, 0.1) is 12.3 Å². The van der Waals surface area contributed by atoms with Gasteiger partial charge in [0.2, 0.25) is 0 Å². The van der Waals surface area contributed by atoms with Crippen LogP contribution in [0.3, 0.4) is 0 Å². The predicted molar refractivity (Wildman–Crippen MR) is 101 cm³/mol. The zero-order valence-corrected chi connectivity index (χ0v) is 14.5. The van der Waals surface area contributed by atoms with Crippen LogP contribution in [0.2, 0.25) is 0 Å². The van der Waals surface area contributed by atoms with Crippen molar-refractivity contribution in [2.75, 3.05) is 25.6 Å². The highest BCUT2D eigenvalue weighted by Crippen LogP contribution is 2.40. The summed E-state index contributed by atoms with van der Waals surface area (Å²) < 4.78 is 5.28. The minimum Gasteiger partial charge on any atom is -0.462 e. The number of carbonyl (C=O) groups excluding carboxylic acids is 1. The lowest BCUT2D eigenvalue weighted by molar-refractivity contribution is 0.0528. The molecular weight excluding hydrogens is 314 g/mol. The minimum atomic E-state index is -0.340. The molecule has 0 saturated heterocycles. The molecule has 1 aliphatic carbocycles. The molecule has 0 radical (unpaired) electrons. The highest BCUT2D eigenvalue weighted by molar-refractivity contribution is 6.16. The van der Waals surface area contributed by atoms with E-state index in [4.69, 9.17) is 9.72 Å². The maximum Gasteiger partial charge on any atom is 0.342 e. The Morgan fingerprint density at radius 3 is 2.64 bits per heavy atom. The molecular formula is C20H19N3O2. The number of anilines is 1. The lowest BCUT2D eigenvalue weighted by Gasteiger charge is -2.11. The summed E-state index contributed by atoms with van der Waals surface area (Å²) in [4.78, 5) is 22.7. The number of hydrogen-bond donors (Lipinski definition) is 1. The zero-order valence-electron chi connectivity index (χ0n) is 14.5. The number of H-pyrrole nitrogens is 1. The highest BCUT2D eigenvalue weighted by atomic mass is 16.5. The average molecular weight is 333 g/mol. The Morgan fingerprint density at radius 1 is 1.12 bits per heavy atom. The van der Waals surface area contributed by atoms with Crippen molar-refractivity contribution in [3.8, 4) is 11.3 Å². The van der Waals surface area contributed by atoms with Crippen molar-refractivity contribution in [1.82, 2.24) is 9.97 Å². The number of ether oxygens (including phenoxy) is 1. The molecule has 1 aromatic carbocycles. The fraction of sp³-hybridized carbons (Fsp3) is 0.200. The number of benzene rings is 1. The van der Waals surface area contributed by atoms with E-state index in [1.54, 1.807) is 0 Å². The van der Waals surface area contributed by atoms with Gasteiger partial charge < -0.3 is 14.6 Å². The molecule has 25 heavy (non-hydrogen) atoms. The minimum absolute atomic E-state index is 0.333. The third-order valence-corrected chi connectivity index (χ3v) is 4.37. The van der Waals surface area contributed by atoms with Gasteiger partial charge in [-0.3, -0.25) is 0 Å². The van der Waals surface area contributed by atoms with Gasteiger partial charge in [0.15, 0.2) is 0 Å². The SMILES string of the molecule is CCOC(=O)c1c2cccc3[nH]c4ccccc4c3c-2nc1N(C)C. The van der Waals surface area contributed by atoms with Gasteiger partial charge in [-0.25, -0.2) is 9.78 Å². The Balaban J connectivity index is 2.12. The predicted octanol–water partition coefficient (Wildman–Crippen LogP) is 4.06. The summed E-state index contributed by atoms with van der Waals surface area (Å²) in [5, 5.41) is 2.12. The second-order valence-electron chi connectivity index (χ2n) is 6.17. The van der Waals surface area contributed by atoms with E-state index >= 15 is 0 Å². The van der Waals surface area contributed by atoms with Gasteiger partial charge in [-0.2, -0.15) is 0 Å². The van der Waals surface area contributed by atoms with Crippen molar-refractivity contribution in [3.05, 3.63) is 48.0 Å². The van der Waals surface area contributed by atoms with Gasteiger partial charge in [0.25, 0.3) is 0 Å². The van der Waals surface area contributed by atoms with E-state index in [2.05, 4.69) is 11.1 Å². The molecule has 1 aliphatic heterocycles. The molecule has 0 unspecified atom stereocenters. The number of para-hydroxylation sites is 1. The summed E-state index contributed by atoms with van der Waals surface area (Å²) in [6.07, 6.45) is 0.